The third-order valence-electron chi connectivity index (χ3n) is 4.98. The van der Waals surface area contributed by atoms with E-state index in [0.29, 0.717) is 11.8 Å². The molecule has 1 aliphatic heterocycles. The second-order valence-corrected chi connectivity index (χ2v) is 6.57. The van der Waals surface area contributed by atoms with Crippen molar-refractivity contribution in [2.45, 2.75) is 47.5 Å². The highest BCUT2D eigenvalue weighted by atomic mass is 15.2. The van der Waals surface area contributed by atoms with Gasteiger partial charge in [-0.25, -0.2) is 0 Å². The first-order valence-corrected chi connectivity index (χ1v) is 6.67. The maximum absolute atomic E-state index is 4.37. The van der Waals surface area contributed by atoms with Crippen molar-refractivity contribution in [1.82, 2.24) is 0 Å². The molecule has 2 heteroatoms. The fraction of sp³-hybridized carbons (Fsp3) is 0.733. The van der Waals surface area contributed by atoms with Crippen molar-refractivity contribution in [3.05, 3.63) is 12.2 Å². The van der Waals surface area contributed by atoms with Crippen LogP contribution in [0, 0.1) is 22.7 Å². The van der Waals surface area contributed by atoms with E-state index in [4.69, 9.17) is 0 Å². The van der Waals surface area contributed by atoms with Crippen LogP contribution in [0.4, 0.5) is 0 Å². The second-order valence-electron chi connectivity index (χ2n) is 6.57. The molecule has 2 aliphatic rings. The van der Waals surface area contributed by atoms with Gasteiger partial charge < -0.3 is 0 Å². The van der Waals surface area contributed by atoms with Crippen LogP contribution < -0.4 is 0 Å². The molecule has 1 heterocycles. The summed E-state index contributed by atoms with van der Waals surface area (Å²) in [5.41, 5.74) is 1.54. The summed E-state index contributed by atoms with van der Waals surface area (Å²) < 4.78 is 0. The summed E-state index contributed by atoms with van der Waals surface area (Å²) in [6.07, 6.45) is 9.11. The number of hydrogen-bond acceptors (Lipinski definition) is 2. The molecule has 0 saturated heterocycles. The van der Waals surface area contributed by atoms with Crippen LogP contribution in [0.25, 0.3) is 0 Å². The molecular weight excluding hydrogens is 208 g/mol. The van der Waals surface area contributed by atoms with Crippen molar-refractivity contribution in [1.29, 1.82) is 0 Å². The third kappa shape index (κ3) is 1.98. The summed E-state index contributed by atoms with van der Waals surface area (Å²) in [5.74, 6) is 1.08. The SMILES string of the molecule is CC(C)C1=NN=C[C@@]2(C)CC[C@H](C=C1)C2(C)C. The lowest BCUT2D eigenvalue weighted by Crippen LogP contribution is -2.34. The van der Waals surface area contributed by atoms with Gasteiger partial charge in [0.1, 0.15) is 0 Å². The minimum atomic E-state index is 0.179. The van der Waals surface area contributed by atoms with Crippen LogP contribution in [0.5, 0.6) is 0 Å². The van der Waals surface area contributed by atoms with Crippen LogP contribution in [0.15, 0.2) is 22.4 Å². The Balaban J connectivity index is 2.42. The van der Waals surface area contributed by atoms with Crippen molar-refractivity contribution in [3.8, 4) is 0 Å². The fourth-order valence-electron chi connectivity index (χ4n) is 2.91. The molecule has 0 amide bonds. The molecule has 1 fully saturated rings. The predicted octanol–water partition coefficient (Wildman–Crippen LogP) is 4.08. The van der Waals surface area contributed by atoms with E-state index in [-0.39, 0.29) is 10.8 Å². The molecule has 17 heavy (non-hydrogen) atoms. The van der Waals surface area contributed by atoms with Crippen LogP contribution in [0.3, 0.4) is 0 Å². The summed E-state index contributed by atoms with van der Waals surface area (Å²) in [5, 5.41) is 8.72. The molecule has 94 valence electrons. The highest BCUT2D eigenvalue weighted by molar-refractivity contribution is 5.96. The zero-order chi connectivity index (χ0) is 12.7. The minimum Gasteiger partial charge on any atom is -0.163 e. The molecule has 2 nitrogen and oxygen atoms in total. The Morgan fingerprint density at radius 2 is 2.00 bits per heavy atom. The topological polar surface area (TPSA) is 24.7 Å². The van der Waals surface area contributed by atoms with E-state index < -0.39 is 0 Å². The van der Waals surface area contributed by atoms with Crippen LogP contribution in [0.1, 0.15) is 47.5 Å². The first-order chi connectivity index (χ1) is 7.87. The normalized spacial score (nSPS) is 35.4. The van der Waals surface area contributed by atoms with Gasteiger partial charge in [-0.1, -0.05) is 40.7 Å². The van der Waals surface area contributed by atoms with E-state index in [0.717, 1.165) is 5.71 Å². The van der Waals surface area contributed by atoms with Crippen LogP contribution in [-0.4, -0.2) is 11.9 Å². The monoisotopic (exact) mass is 232 g/mol. The number of rotatable bonds is 1. The van der Waals surface area contributed by atoms with E-state index >= 15 is 0 Å². The van der Waals surface area contributed by atoms with E-state index in [9.17, 15) is 0 Å². The first-order valence-electron chi connectivity index (χ1n) is 6.67. The average molecular weight is 232 g/mol. The molecule has 0 aromatic rings. The second kappa shape index (κ2) is 4.08. The average Bonchev–Trinajstić information content (AvgIpc) is 2.48. The van der Waals surface area contributed by atoms with Crippen LogP contribution in [0.2, 0.25) is 0 Å². The zero-order valence-electron chi connectivity index (χ0n) is 11.7. The van der Waals surface area contributed by atoms with Gasteiger partial charge in [-0.2, -0.15) is 10.2 Å². The molecule has 0 aromatic heterocycles. The van der Waals surface area contributed by atoms with Gasteiger partial charge in [0, 0.05) is 11.6 Å². The Morgan fingerprint density at radius 1 is 1.29 bits per heavy atom. The lowest BCUT2D eigenvalue weighted by atomic mass is 9.66. The van der Waals surface area contributed by atoms with Gasteiger partial charge in [-0.05, 0) is 36.2 Å². The summed E-state index contributed by atoms with van der Waals surface area (Å²) in [7, 11) is 0. The molecule has 1 saturated carbocycles. The third-order valence-corrected chi connectivity index (χ3v) is 4.98. The Labute approximate surface area is 105 Å². The van der Waals surface area contributed by atoms with Crippen molar-refractivity contribution < 1.29 is 0 Å². The minimum absolute atomic E-state index is 0.179. The van der Waals surface area contributed by atoms with Gasteiger partial charge >= 0.3 is 0 Å². The molecule has 2 bridgehead atoms. The van der Waals surface area contributed by atoms with Crippen molar-refractivity contribution in [3.63, 3.8) is 0 Å². The summed E-state index contributed by atoms with van der Waals surface area (Å²) in [6, 6.07) is 0. The molecule has 2 rings (SSSR count). The van der Waals surface area contributed by atoms with Crippen LogP contribution >= 0.6 is 0 Å². The van der Waals surface area contributed by atoms with Crippen molar-refractivity contribution >= 4 is 11.9 Å². The van der Waals surface area contributed by atoms with E-state index in [1.165, 1.54) is 12.8 Å². The Morgan fingerprint density at radius 3 is 2.65 bits per heavy atom. The van der Waals surface area contributed by atoms with Gasteiger partial charge in [0.25, 0.3) is 0 Å². The van der Waals surface area contributed by atoms with E-state index in [1.807, 2.05) is 0 Å². The summed E-state index contributed by atoms with van der Waals surface area (Å²) in [4.78, 5) is 0. The van der Waals surface area contributed by atoms with Crippen LogP contribution in [-0.2, 0) is 0 Å². The Hall–Kier alpha value is -0.920. The lowest BCUT2D eigenvalue weighted by molar-refractivity contribution is 0.183. The molecule has 0 radical (unpaired) electrons. The maximum Gasteiger partial charge on any atom is 0.0652 e. The molecule has 2 atom stereocenters. The molecule has 1 aliphatic carbocycles. The molecule has 0 unspecified atom stereocenters. The predicted molar refractivity (Wildman–Crippen MR) is 74.5 cm³/mol. The van der Waals surface area contributed by atoms with Crippen molar-refractivity contribution in [2.24, 2.45) is 32.9 Å². The Bertz CT molecular complexity index is 388. The molecular formula is C15H24N2. The number of nitrogens with zero attached hydrogens (tertiary/aromatic N) is 2. The van der Waals surface area contributed by atoms with E-state index in [2.05, 4.69) is 63.2 Å². The largest absolute Gasteiger partial charge is 0.163 e. The fourth-order valence-corrected chi connectivity index (χ4v) is 2.91. The van der Waals surface area contributed by atoms with Gasteiger partial charge in [0.15, 0.2) is 0 Å². The molecule has 0 spiro atoms. The highest BCUT2D eigenvalue weighted by Gasteiger charge is 2.49. The van der Waals surface area contributed by atoms with E-state index in [1.54, 1.807) is 0 Å². The maximum atomic E-state index is 4.37. The summed E-state index contributed by atoms with van der Waals surface area (Å²) >= 11 is 0. The Kier molecular flexibility index (Phi) is 3.01. The van der Waals surface area contributed by atoms with Gasteiger partial charge in [-0.3, -0.25) is 0 Å². The number of fused-ring (bicyclic) bond motifs is 2. The molecule has 0 aromatic carbocycles. The highest BCUT2D eigenvalue weighted by Crippen LogP contribution is 2.55. The van der Waals surface area contributed by atoms with Gasteiger partial charge in [0.2, 0.25) is 0 Å². The quantitative estimate of drug-likeness (QED) is 0.651. The standard InChI is InChI=1S/C15H24N2/c1-11(2)13-7-6-12-8-9-15(5,10-16-17-13)14(12,3)4/h6-7,10-12H,8-9H2,1-5H3/t12-,15+/m0/s1. The smallest absolute Gasteiger partial charge is 0.0652 e. The van der Waals surface area contributed by atoms with Gasteiger partial charge in [0.05, 0.1) is 5.71 Å². The number of allylic oxidation sites excluding steroid dienone is 2. The van der Waals surface area contributed by atoms with Gasteiger partial charge in [-0.15, -0.1) is 0 Å². The zero-order valence-corrected chi connectivity index (χ0v) is 11.7. The number of hydrogen-bond donors (Lipinski definition) is 0. The molecule has 0 N–H and O–H groups in total. The lowest BCUT2D eigenvalue weighted by Gasteiger charge is -2.37. The van der Waals surface area contributed by atoms with Crippen molar-refractivity contribution in [2.75, 3.05) is 0 Å². The summed E-state index contributed by atoms with van der Waals surface area (Å²) in [6.45, 7) is 11.4. The first kappa shape index (κ1) is 12.5.